The summed E-state index contributed by atoms with van der Waals surface area (Å²) >= 11 is 1.81. The number of piperidine rings is 1. The van der Waals surface area contributed by atoms with E-state index in [1.54, 1.807) is 11.4 Å². The zero-order valence-corrected chi connectivity index (χ0v) is 18.7. The lowest BCUT2D eigenvalue weighted by molar-refractivity contribution is 0.196. The first kappa shape index (κ1) is 22.3. The van der Waals surface area contributed by atoms with Crippen molar-refractivity contribution in [3.05, 3.63) is 30.1 Å². The summed E-state index contributed by atoms with van der Waals surface area (Å²) < 4.78 is 26.5. The van der Waals surface area contributed by atoms with Crippen LogP contribution in [0.1, 0.15) is 18.5 Å². The number of aromatic nitrogens is 1. The van der Waals surface area contributed by atoms with Gasteiger partial charge < -0.3 is 10.6 Å². The van der Waals surface area contributed by atoms with Crippen LogP contribution in [-0.2, 0) is 16.6 Å². The van der Waals surface area contributed by atoms with Crippen LogP contribution in [0.15, 0.2) is 29.4 Å². The lowest BCUT2D eigenvalue weighted by atomic mass is 10.1. The van der Waals surface area contributed by atoms with Crippen LogP contribution in [0.3, 0.4) is 0 Å². The van der Waals surface area contributed by atoms with E-state index in [4.69, 9.17) is 0 Å². The number of hydrogen-bond donors (Lipinski definition) is 2. The Balaban J connectivity index is 1.37. The van der Waals surface area contributed by atoms with Gasteiger partial charge in [-0.25, -0.2) is 12.7 Å². The molecule has 2 aliphatic rings. The fourth-order valence-corrected chi connectivity index (χ4v) is 6.09. The lowest BCUT2D eigenvalue weighted by Gasteiger charge is -2.33. The van der Waals surface area contributed by atoms with Gasteiger partial charge in [0.1, 0.15) is 0 Å². The van der Waals surface area contributed by atoms with Crippen LogP contribution in [0.5, 0.6) is 0 Å². The Morgan fingerprint density at radius 3 is 2.66 bits per heavy atom. The second kappa shape index (κ2) is 11.1. The summed E-state index contributed by atoms with van der Waals surface area (Å²) in [7, 11) is -1.47. The summed E-state index contributed by atoms with van der Waals surface area (Å²) in [6.07, 6.45) is 3.89. The molecule has 29 heavy (non-hydrogen) atoms. The van der Waals surface area contributed by atoms with Gasteiger partial charge in [0.15, 0.2) is 5.96 Å². The normalized spacial score (nSPS) is 20.5. The van der Waals surface area contributed by atoms with Gasteiger partial charge >= 0.3 is 0 Å². The van der Waals surface area contributed by atoms with Crippen LogP contribution in [0.4, 0.5) is 0 Å². The molecule has 0 bridgehead atoms. The van der Waals surface area contributed by atoms with Crippen molar-refractivity contribution in [3.63, 3.8) is 0 Å². The molecular formula is C19H32N6O2S2. The first-order valence-electron chi connectivity index (χ1n) is 10.2. The zero-order chi connectivity index (χ0) is 20.5. The smallest absolute Gasteiger partial charge is 0.215 e. The Morgan fingerprint density at radius 2 is 2.00 bits per heavy atom. The highest BCUT2D eigenvalue weighted by Gasteiger charge is 2.24. The molecule has 2 N–H and O–H groups in total. The third kappa shape index (κ3) is 7.13. The SMILES string of the molecule is CN=C(NCCS(=O)(=O)N1CCSCC1)NC1CCN(Cc2ccccn2)CC1. The van der Waals surface area contributed by atoms with Crippen molar-refractivity contribution in [2.24, 2.45) is 4.99 Å². The van der Waals surface area contributed by atoms with Crippen LogP contribution in [-0.4, -0.2) is 91.6 Å². The third-order valence-electron chi connectivity index (χ3n) is 5.28. The van der Waals surface area contributed by atoms with Crippen LogP contribution in [0.25, 0.3) is 0 Å². The van der Waals surface area contributed by atoms with Crippen molar-refractivity contribution in [1.29, 1.82) is 0 Å². The average Bonchev–Trinajstić information content (AvgIpc) is 2.75. The molecule has 0 saturated carbocycles. The molecule has 3 rings (SSSR count). The maximum absolute atomic E-state index is 12.4. The fourth-order valence-electron chi connectivity index (χ4n) is 3.60. The van der Waals surface area contributed by atoms with Crippen LogP contribution in [0.2, 0.25) is 0 Å². The van der Waals surface area contributed by atoms with Gasteiger partial charge in [0.2, 0.25) is 10.0 Å². The minimum atomic E-state index is -3.20. The quantitative estimate of drug-likeness (QED) is 0.474. The van der Waals surface area contributed by atoms with E-state index in [9.17, 15) is 8.42 Å². The highest BCUT2D eigenvalue weighted by molar-refractivity contribution is 7.99. The summed E-state index contributed by atoms with van der Waals surface area (Å²) in [6.45, 7) is 4.50. The lowest BCUT2D eigenvalue weighted by Crippen LogP contribution is -2.49. The Bertz CT molecular complexity index is 745. The molecule has 162 valence electrons. The van der Waals surface area contributed by atoms with Crippen LogP contribution < -0.4 is 10.6 Å². The summed E-state index contributed by atoms with van der Waals surface area (Å²) in [5.41, 5.74) is 1.10. The molecule has 8 nitrogen and oxygen atoms in total. The molecule has 2 saturated heterocycles. The number of hydrogen-bond acceptors (Lipinski definition) is 6. The average molecular weight is 441 g/mol. The van der Waals surface area contributed by atoms with Crippen molar-refractivity contribution in [2.75, 3.05) is 57.0 Å². The molecule has 0 aromatic carbocycles. The first-order valence-corrected chi connectivity index (χ1v) is 13.0. The molecule has 1 aromatic rings. The van der Waals surface area contributed by atoms with Gasteiger partial charge in [-0.3, -0.25) is 14.9 Å². The summed E-state index contributed by atoms with van der Waals surface area (Å²) in [4.78, 5) is 11.1. The van der Waals surface area contributed by atoms with Crippen molar-refractivity contribution in [2.45, 2.75) is 25.4 Å². The number of nitrogens with zero attached hydrogens (tertiary/aromatic N) is 4. The first-order chi connectivity index (χ1) is 14.1. The summed E-state index contributed by atoms with van der Waals surface area (Å²) in [5, 5.41) is 6.61. The van der Waals surface area contributed by atoms with Gasteiger partial charge in [-0.15, -0.1) is 0 Å². The summed E-state index contributed by atoms with van der Waals surface area (Å²) in [5.74, 6) is 2.54. The van der Waals surface area contributed by atoms with E-state index < -0.39 is 10.0 Å². The minimum Gasteiger partial charge on any atom is -0.355 e. The largest absolute Gasteiger partial charge is 0.355 e. The number of sulfonamides is 1. The van der Waals surface area contributed by atoms with E-state index in [-0.39, 0.29) is 5.75 Å². The van der Waals surface area contributed by atoms with Crippen molar-refractivity contribution in [3.8, 4) is 0 Å². The van der Waals surface area contributed by atoms with Gasteiger partial charge in [-0.05, 0) is 25.0 Å². The molecule has 2 fully saturated rings. The maximum atomic E-state index is 12.4. The standard InChI is InChI=1S/C19H32N6O2S2/c1-20-19(22-8-15-29(26,27)25-11-13-28-14-12-25)23-17-5-9-24(10-6-17)16-18-4-2-3-7-21-18/h2-4,7,17H,5-6,8-16H2,1H3,(H2,20,22,23). The predicted octanol–water partition coefficient (Wildman–Crippen LogP) is 0.590. The molecule has 0 radical (unpaired) electrons. The van der Waals surface area contributed by atoms with E-state index in [0.29, 0.717) is 31.6 Å². The van der Waals surface area contributed by atoms with Gasteiger partial charge in [0.05, 0.1) is 11.4 Å². The van der Waals surface area contributed by atoms with Crippen LogP contribution >= 0.6 is 11.8 Å². The number of rotatable bonds is 7. The Hall–Kier alpha value is -1.36. The van der Waals surface area contributed by atoms with E-state index in [1.807, 2.05) is 30.1 Å². The fraction of sp³-hybridized carbons (Fsp3) is 0.684. The molecule has 0 spiro atoms. The number of thioether (sulfide) groups is 1. The molecule has 1 aromatic heterocycles. The second-order valence-electron chi connectivity index (χ2n) is 7.34. The number of pyridine rings is 1. The minimum absolute atomic E-state index is 0.0981. The van der Waals surface area contributed by atoms with Crippen molar-refractivity contribution in [1.82, 2.24) is 24.8 Å². The molecule has 3 heterocycles. The predicted molar refractivity (Wildman–Crippen MR) is 120 cm³/mol. The van der Waals surface area contributed by atoms with E-state index in [2.05, 4.69) is 31.6 Å². The van der Waals surface area contributed by atoms with Crippen molar-refractivity contribution < 1.29 is 8.42 Å². The molecule has 0 amide bonds. The Morgan fingerprint density at radius 1 is 1.24 bits per heavy atom. The summed E-state index contributed by atoms with van der Waals surface area (Å²) in [6, 6.07) is 6.37. The molecular weight excluding hydrogens is 408 g/mol. The maximum Gasteiger partial charge on any atom is 0.215 e. The Kier molecular flexibility index (Phi) is 8.58. The third-order valence-corrected chi connectivity index (χ3v) is 8.09. The number of likely N-dealkylation sites (tertiary alicyclic amines) is 1. The molecule has 0 atom stereocenters. The van der Waals surface area contributed by atoms with E-state index >= 15 is 0 Å². The van der Waals surface area contributed by atoms with E-state index in [0.717, 1.165) is 49.7 Å². The highest BCUT2D eigenvalue weighted by atomic mass is 32.2. The molecule has 10 heteroatoms. The monoisotopic (exact) mass is 440 g/mol. The topological polar surface area (TPSA) is 89.9 Å². The second-order valence-corrected chi connectivity index (χ2v) is 10.7. The van der Waals surface area contributed by atoms with Gasteiger partial charge in [0.25, 0.3) is 0 Å². The van der Waals surface area contributed by atoms with Gasteiger partial charge in [0, 0.05) is 70.1 Å². The van der Waals surface area contributed by atoms with E-state index in [1.165, 1.54) is 0 Å². The van der Waals surface area contributed by atoms with Gasteiger partial charge in [-0.1, -0.05) is 6.07 Å². The molecule has 2 aliphatic heterocycles. The van der Waals surface area contributed by atoms with Crippen molar-refractivity contribution >= 4 is 27.7 Å². The zero-order valence-electron chi connectivity index (χ0n) is 17.1. The Labute approximate surface area is 178 Å². The number of guanidine groups is 1. The number of nitrogens with one attached hydrogen (secondary N) is 2. The molecule has 0 aliphatic carbocycles. The van der Waals surface area contributed by atoms with Crippen LogP contribution in [0, 0.1) is 0 Å². The molecule has 0 unspecified atom stereocenters. The number of aliphatic imine (C=N–C) groups is 1. The highest BCUT2D eigenvalue weighted by Crippen LogP contribution is 2.14. The van der Waals surface area contributed by atoms with Gasteiger partial charge in [-0.2, -0.15) is 11.8 Å².